The van der Waals surface area contributed by atoms with Crippen LogP contribution in [0.1, 0.15) is 26.3 Å². The fourth-order valence-electron chi connectivity index (χ4n) is 1.99. The zero-order valence-electron chi connectivity index (χ0n) is 13.8. The second kappa shape index (κ2) is 7.68. The molecule has 0 aliphatic heterocycles. The first-order valence-corrected chi connectivity index (χ1v) is 7.08. The molecule has 0 spiro atoms. The molecule has 0 atom stereocenters. The Balaban J connectivity index is 2.79. The highest BCUT2D eigenvalue weighted by Crippen LogP contribution is 2.33. The first-order chi connectivity index (χ1) is 10.3. The van der Waals surface area contributed by atoms with Crippen molar-refractivity contribution in [3.63, 3.8) is 0 Å². The van der Waals surface area contributed by atoms with Crippen LogP contribution < -0.4 is 20.1 Å². The predicted molar refractivity (Wildman–Crippen MR) is 84.3 cm³/mol. The number of nitrogens with one attached hydrogen (secondary N) is 2. The standard InChI is InChI=1S/C16H24N2O4/c1-11(19)17-8-9-18-15(20)16(2,3)12-6-7-13(21-4)14(10-12)22-5/h6-7,10H,8-9H2,1-5H3,(H,17,19)(H,18,20). The van der Waals surface area contributed by atoms with Crippen LogP contribution in [0.4, 0.5) is 0 Å². The van der Waals surface area contributed by atoms with Gasteiger partial charge in [0.1, 0.15) is 0 Å². The van der Waals surface area contributed by atoms with E-state index in [0.717, 1.165) is 5.56 Å². The average molecular weight is 308 g/mol. The van der Waals surface area contributed by atoms with Gasteiger partial charge in [-0.1, -0.05) is 6.07 Å². The highest BCUT2D eigenvalue weighted by atomic mass is 16.5. The fourth-order valence-corrected chi connectivity index (χ4v) is 1.99. The molecule has 0 saturated carbocycles. The molecule has 0 saturated heterocycles. The average Bonchev–Trinajstić information content (AvgIpc) is 2.50. The molecule has 0 aliphatic carbocycles. The number of carbonyl (C=O) groups is 2. The van der Waals surface area contributed by atoms with Crippen LogP contribution in [-0.2, 0) is 15.0 Å². The smallest absolute Gasteiger partial charge is 0.230 e. The molecule has 0 bridgehead atoms. The van der Waals surface area contributed by atoms with Crippen LogP contribution in [0.5, 0.6) is 11.5 Å². The Labute approximate surface area is 131 Å². The van der Waals surface area contributed by atoms with Crippen LogP contribution >= 0.6 is 0 Å². The normalized spacial score (nSPS) is 10.8. The van der Waals surface area contributed by atoms with E-state index in [0.29, 0.717) is 24.6 Å². The molecule has 0 fully saturated rings. The Morgan fingerprint density at radius 2 is 1.64 bits per heavy atom. The molecule has 1 aromatic carbocycles. The summed E-state index contributed by atoms with van der Waals surface area (Å²) in [7, 11) is 3.12. The van der Waals surface area contributed by atoms with Gasteiger partial charge >= 0.3 is 0 Å². The maximum Gasteiger partial charge on any atom is 0.230 e. The minimum Gasteiger partial charge on any atom is -0.493 e. The molecule has 0 heterocycles. The fraction of sp³-hybridized carbons (Fsp3) is 0.500. The van der Waals surface area contributed by atoms with E-state index < -0.39 is 5.41 Å². The van der Waals surface area contributed by atoms with E-state index in [1.165, 1.54) is 6.92 Å². The number of methoxy groups -OCH3 is 2. The van der Waals surface area contributed by atoms with Crippen molar-refractivity contribution in [1.82, 2.24) is 10.6 Å². The lowest BCUT2D eigenvalue weighted by Gasteiger charge is -2.25. The molecular formula is C16H24N2O4. The molecule has 1 rings (SSSR count). The summed E-state index contributed by atoms with van der Waals surface area (Å²) in [4.78, 5) is 23.2. The maximum atomic E-state index is 12.4. The van der Waals surface area contributed by atoms with E-state index in [1.54, 1.807) is 26.4 Å². The lowest BCUT2D eigenvalue weighted by Crippen LogP contribution is -2.43. The molecule has 0 unspecified atom stereocenters. The van der Waals surface area contributed by atoms with E-state index in [2.05, 4.69) is 10.6 Å². The van der Waals surface area contributed by atoms with Gasteiger partial charge in [-0.25, -0.2) is 0 Å². The highest BCUT2D eigenvalue weighted by Gasteiger charge is 2.30. The third-order valence-electron chi connectivity index (χ3n) is 3.46. The lowest BCUT2D eigenvalue weighted by atomic mass is 9.83. The number of amides is 2. The van der Waals surface area contributed by atoms with E-state index in [4.69, 9.17) is 9.47 Å². The van der Waals surface area contributed by atoms with E-state index >= 15 is 0 Å². The first-order valence-electron chi connectivity index (χ1n) is 7.08. The molecule has 0 radical (unpaired) electrons. The summed E-state index contributed by atoms with van der Waals surface area (Å²) >= 11 is 0. The summed E-state index contributed by atoms with van der Waals surface area (Å²) in [5.74, 6) is 0.964. The van der Waals surface area contributed by atoms with Crippen molar-refractivity contribution in [2.45, 2.75) is 26.2 Å². The number of rotatable bonds is 7. The Hall–Kier alpha value is -2.24. The summed E-state index contributed by atoms with van der Waals surface area (Å²) in [6, 6.07) is 5.42. The second-order valence-corrected chi connectivity index (χ2v) is 5.43. The third kappa shape index (κ3) is 4.38. The van der Waals surface area contributed by atoms with Crippen molar-refractivity contribution in [1.29, 1.82) is 0 Å². The molecule has 0 aromatic heterocycles. The van der Waals surface area contributed by atoms with Gasteiger partial charge < -0.3 is 20.1 Å². The first kappa shape index (κ1) is 17.8. The minimum absolute atomic E-state index is 0.117. The van der Waals surface area contributed by atoms with Gasteiger partial charge in [-0.15, -0.1) is 0 Å². The molecule has 2 amide bonds. The van der Waals surface area contributed by atoms with E-state index in [9.17, 15) is 9.59 Å². The van der Waals surface area contributed by atoms with E-state index in [-0.39, 0.29) is 11.8 Å². The van der Waals surface area contributed by atoms with Crippen LogP contribution in [0.3, 0.4) is 0 Å². The van der Waals surface area contributed by atoms with Crippen molar-refractivity contribution in [3.8, 4) is 11.5 Å². The Bertz CT molecular complexity index is 541. The molecule has 6 nitrogen and oxygen atoms in total. The maximum absolute atomic E-state index is 12.4. The van der Waals surface area contributed by atoms with Gasteiger partial charge in [0, 0.05) is 20.0 Å². The highest BCUT2D eigenvalue weighted by molar-refractivity contribution is 5.87. The number of hydrogen-bond acceptors (Lipinski definition) is 4. The van der Waals surface area contributed by atoms with Crippen molar-refractivity contribution < 1.29 is 19.1 Å². The minimum atomic E-state index is -0.726. The van der Waals surface area contributed by atoms with Gasteiger partial charge in [0.15, 0.2) is 11.5 Å². The molecule has 1 aromatic rings. The summed E-state index contributed by atoms with van der Waals surface area (Å²) in [6.45, 7) is 5.90. The molecule has 6 heteroatoms. The van der Waals surface area contributed by atoms with Crippen LogP contribution in [0, 0.1) is 0 Å². The number of ether oxygens (including phenoxy) is 2. The SMILES string of the molecule is COc1ccc(C(C)(C)C(=O)NCCNC(C)=O)cc1OC. The van der Waals surface area contributed by atoms with Gasteiger partial charge in [-0.3, -0.25) is 9.59 Å². The van der Waals surface area contributed by atoms with Crippen LogP contribution in [-0.4, -0.2) is 39.1 Å². The van der Waals surface area contributed by atoms with Gasteiger partial charge in [-0.05, 0) is 31.5 Å². The molecular weight excluding hydrogens is 284 g/mol. The van der Waals surface area contributed by atoms with Crippen molar-refractivity contribution in [2.75, 3.05) is 27.3 Å². The quantitative estimate of drug-likeness (QED) is 0.743. The zero-order chi connectivity index (χ0) is 16.8. The second-order valence-electron chi connectivity index (χ2n) is 5.43. The Morgan fingerprint density at radius 3 is 2.18 bits per heavy atom. The number of hydrogen-bond donors (Lipinski definition) is 2. The topological polar surface area (TPSA) is 76.7 Å². The number of carbonyl (C=O) groups excluding carboxylic acids is 2. The Kier molecular flexibility index (Phi) is 6.22. The van der Waals surface area contributed by atoms with Crippen molar-refractivity contribution in [2.24, 2.45) is 0 Å². The molecule has 0 aliphatic rings. The van der Waals surface area contributed by atoms with Gasteiger partial charge in [0.2, 0.25) is 11.8 Å². The summed E-state index contributed by atoms with van der Waals surface area (Å²) in [6.07, 6.45) is 0. The number of benzene rings is 1. The van der Waals surface area contributed by atoms with Crippen LogP contribution in [0.15, 0.2) is 18.2 Å². The molecule has 2 N–H and O–H groups in total. The van der Waals surface area contributed by atoms with Gasteiger partial charge in [-0.2, -0.15) is 0 Å². The zero-order valence-corrected chi connectivity index (χ0v) is 13.8. The van der Waals surface area contributed by atoms with Crippen LogP contribution in [0.25, 0.3) is 0 Å². The molecule has 122 valence electrons. The predicted octanol–water partition coefficient (Wildman–Crippen LogP) is 1.23. The third-order valence-corrected chi connectivity index (χ3v) is 3.46. The van der Waals surface area contributed by atoms with Crippen LogP contribution in [0.2, 0.25) is 0 Å². The van der Waals surface area contributed by atoms with Crippen molar-refractivity contribution in [3.05, 3.63) is 23.8 Å². The molecule has 22 heavy (non-hydrogen) atoms. The largest absolute Gasteiger partial charge is 0.493 e. The summed E-state index contributed by atoms with van der Waals surface area (Å²) < 4.78 is 10.5. The van der Waals surface area contributed by atoms with Gasteiger partial charge in [0.05, 0.1) is 19.6 Å². The monoisotopic (exact) mass is 308 g/mol. The van der Waals surface area contributed by atoms with E-state index in [1.807, 2.05) is 19.9 Å². The van der Waals surface area contributed by atoms with Crippen molar-refractivity contribution >= 4 is 11.8 Å². The lowest BCUT2D eigenvalue weighted by molar-refractivity contribution is -0.126. The summed E-state index contributed by atoms with van der Waals surface area (Å²) in [5, 5.41) is 5.45. The Morgan fingerprint density at radius 1 is 1.05 bits per heavy atom. The van der Waals surface area contributed by atoms with Gasteiger partial charge in [0.25, 0.3) is 0 Å². The summed E-state index contributed by atoms with van der Waals surface area (Å²) in [5.41, 5.74) is 0.0950.